The van der Waals surface area contributed by atoms with Crippen LogP contribution in [0.2, 0.25) is 5.02 Å². The number of hydrogen-bond donors (Lipinski definition) is 1. The van der Waals surface area contributed by atoms with E-state index < -0.39 is 5.97 Å². The molecule has 1 aromatic heterocycles. The molecular weight excluding hydrogens is 294 g/mol. The smallest absolute Gasteiger partial charge is 0.361 e. The van der Waals surface area contributed by atoms with Crippen molar-refractivity contribution >= 4 is 28.3 Å². The number of ether oxygens (including phenoxy) is 2. The molecule has 0 amide bonds. The zero-order valence-electron chi connectivity index (χ0n) is 11.0. The first-order valence-electron chi connectivity index (χ1n) is 6.04. The summed E-state index contributed by atoms with van der Waals surface area (Å²) in [5.74, 6) is 0.00149. The van der Waals surface area contributed by atoms with Gasteiger partial charge < -0.3 is 9.47 Å². The van der Waals surface area contributed by atoms with E-state index in [1.165, 1.54) is 7.11 Å². The van der Waals surface area contributed by atoms with E-state index in [9.17, 15) is 4.79 Å². The Morgan fingerprint density at radius 2 is 1.95 bits per heavy atom. The van der Waals surface area contributed by atoms with Crippen molar-refractivity contribution < 1.29 is 14.3 Å². The first-order valence-corrected chi connectivity index (χ1v) is 6.41. The Hall–Kier alpha value is -2.60. The minimum Gasteiger partial charge on any atom is -0.464 e. The SMILES string of the molecule is COC(=O)c1[nH]nnc1Oc1ccc2cc(Cl)ccc2c1. The zero-order valence-corrected chi connectivity index (χ0v) is 11.7. The van der Waals surface area contributed by atoms with Gasteiger partial charge in [0.05, 0.1) is 7.11 Å². The molecule has 21 heavy (non-hydrogen) atoms. The number of carbonyl (C=O) groups is 1. The Morgan fingerprint density at radius 1 is 1.19 bits per heavy atom. The van der Waals surface area contributed by atoms with Gasteiger partial charge in [-0.3, -0.25) is 0 Å². The first-order chi connectivity index (χ1) is 10.2. The average molecular weight is 304 g/mol. The van der Waals surface area contributed by atoms with Crippen LogP contribution in [0.25, 0.3) is 10.8 Å². The molecule has 0 aliphatic rings. The van der Waals surface area contributed by atoms with Crippen LogP contribution in [0.15, 0.2) is 36.4 Å². The third-order valence-electron chi connectivity index (χ3n) is 2.89. The third-order valence-corrected chi connectivity index (χ3v) is 3.13. The Balaban J connectivity index is 1.93. The van der Waals surface area contributed by atoms with Gasteiger partial charge in [0.2, 0.25) is 5.69 Å². The second-order valence-electron chi connectivity index (χ2n) is 4.24. The second kappa shape index (κ2) is 5.41. The average Bonchev–Trinajstić information content (AvgIpc) is 2.94. The number of aromatic amines is 1. The largest absolute Gasteiger partial charge is 0.464 e. The van der Waals surface area contributed by atoms with Crippen LogP contribution in [0.3, 0.4) is 0 Å². The molecule has 3 rings (SSSR count). The first kappa shape index (κ1) is 13.4. The summed E-state index contributed by atoms with van der Waals surface area (Å²) < 4.78 is 10.2. The molecule has 0 aliphatic heterocycles. The minimum atomic E-state index is -0.595. The highest BCUT2D eigenvalue weighted by Crippen LogP contribution is 2.27. The predicted molar refractivity (Wildman–Crippen MR) is 76.8 cm³/mol. The fourth-order valence-corrected chi connectivity index (χ4v) is 2.08. The Bertz CT molecular complexity index is 816. The summed E-state index contributed by atoms with van der Waals surface area (Å²) in [5.41, 5.74) is 0.0636. The minimum absolute atomic E-state index is 0.0636. The lowest BCUT2D eigenvalue weighted by molar-refractivity contribution is 0.0591. The number of nitrogens with zero attached hydrogens (tertiary/aromatic N) is 2. The Kier molecular flexibility index (Phi) is 3.45. The molecule has 3 aromatic rings. The van der Waals surface area contributed by atoms with Crippen LogP contribution in [0.5, 0.6) is 11.6 Å². The van der Waals surface area contributed by atoms with Crippen LogP contribution in [-0.2, 0) is 4.74 Å². The highest BCUT2D eigenvalue weighted by atomic mass is 35.5. The van der Waals surface area contributed by atoms with E-state index in [0.717, 1.165) is 10.8 Å². The van der Waals surface area contributed by atoms with E-state index in [4.69, 9.17) is 16.3 Å². The van der Waals surface area contributed by atoms with Crippen LogP contribution in [0, 0.1) is 0 Å². The molecule has 0 saturated heterocycles. The van der Waals surface area contributed by atoms with Crippen molar-refractivity contribution in [2.75, 3.05) is 7.11 Å². The van der Waals surface area contributed by atoms with E-state index in [2.05, 4.69) is 20.1 Å². The lowest BCUT2D eigenvalue weighted by Gasteiger charge is -2.05. The second-order valence-corrected chi connectivity index (χ2v) is 4.68. The number of benzene rings is 2. The van der Waals surface area contributed by atoms with Crippen molar-refractivity contribution in [1.29, 1.82) is 0 Å². The van der Waals surface area contributed by atoms with Crippen molar-refractivity contribution in [3.8, 4) is 11.6 Å². The van der Waals surface area contributed by atoms with Gasteiger partial charge in [-0.25, -0.2) is 9.89 Å². The molecule has 0 radical (unpaired) electrons. The number of nitrogens with one attached hydrogen (secondary N) is 1. The molecule has 0 spiro atoms. The predicted octanol–water partition coefficient (Wildman–Crippen LogP) is 3.19. The number of methoxy groups -OCH3 is 1. The van der Waals surface area contributed by atoms with Gasteiger partial charge in [0, 0.05) is 5.02 Å². The maximum absolute atomic E-state index is 11.5. The summed E-state index contributed by atoms with van der Waals surface area (Å²) in [5, 5.41) is 12.3. The lowest BCUT2D eigenvalue weighted by atomic mass is 10.1. The molecule has 106 valence electrons. The van der Waals surface area contributed by atoms with Crippen LogP contribution in [-0.4, -0.2) is 28.5 Å². The van der Waals surface area contributed by atoms with Crippen molar-refractivity contribution in [2.24, 2.45) is 0 Å². The van der Waals surface area contributed by atoms with Crippen molar-refractivity contribution in [1.82, 2.24) is 15.4 Å². The fraction of sp³-hybridized carbons (Fsp3) is 0.0714. The molecule has 0 bridgehead atoms. The monoisotopic (exact) mass is 303 g/mol. The van der Waals surface area contributed by atoms with Crippen LogP contribution in [0.4, 0.5) is 0 Å². The van der Waals surface area contributed by atoms with Crippen LogP contribution in [0.1, 0.15) is 10.5 Å². The number of carbonyl (C=O) groups excluding carboxylic acids is 1. The molecule has 0 fully saturated rings. The van der Waals surface area contributed by atoms with Gasteiger partial charge in [0.1, 0.15) is 5.75 Å². The van der Waals surface area contributed by atoms with Gasteiger partial charge >= 0.3 is 5.97 Å². The Morgan fingerprint density at radius 3 is 2.76 bits per heavy atom. The van der Waals surface area contributed by atoms with E-state index in [1.807, 2.05) is 24.3 Å². The third kappa shape index (κ3) is 2.66. The standard InChI is InChI=1S/C14H10ClN3O3/c1-20-14(19)12-13(17-18-16-12)21-11-5-3-8-6-10(15)4-2-9(8)7-11/h2-7H,1H3,(H,16,17,18). The fourth-order valence-electron chi connectivity index (χ4n) is 1.89. The van der Waals surface area contributed by atoms with Crippen molar-refractivity contribution in [2.45, 2.75) is 0 Å². The number of halogens is 1. The van der Waals surface area contributed by atoms with E-state index >= 15 is 0 Å². The molecule has 0 saturated carbocycles. The summed E-state index contributed by atoms with van der Waals surface area (Å²) in [6.07, 6.45) is 0. The highest BCUT2D eigenvalue weighted by Gasteiger charge is 2.18. The van der Waals surface area contributed by atoms with Gasteiger partial charge in [-0.2, -0.15) is 0 Å². The summed E-state index contributed by atoms with van der Waals surface area (Å²) in [6.45, 7) is 0. The normalized spacial score (nSPS) is 10.6. The number of hydrogen-bond acceptors (Lipinski definition) is 5. The van der Waals surface area contributed by atoms with E-state index in [1.54, 1.807) is 12.1 Å². The molecule has 0 aliphatic carbocycles. The molecule has 0 unspecified atom stereocenters. The van der Waals surface area contributed by atoms with E-state index in [0.29, 0.717) is 10.8 Å². The zero-order chi connectivity index (χ0) is 14.8. The van der Waals surface area contributed by atoms with Crippen LogP contribution >= 0.6 is 11.6 Å². The molecular formula is C14H10ClN3O3. The number of aromatic nitrogens is 3. The Labute approximate surface area is 124 Å². The van der Waals surface area contributed by atoms with Gasteiger partial charge in [-0.15, -0.1) is 0 Å². The van der Waals surface area contributed by atoms with Crippen molar-refractivity contribution in [3.63, 3.8) is 0 Å². The maximum Gasteiger partial charge on any atom is 0.361 e. The summed E-state index contributed by atoms with van der Waals surface area (Å²) >= 11 is 5.94. The van der Waals surface area contributed by atoms with Gasteiger partial charge in [0.25, 0.3) is 5.88 Å². The van der Waals surface area contributed by atoms with Gasteiger partial charge in [-0.05, 0) is 35.0 Å². The highest BCUT2D eigenvalue weighted by molar-refractivity contribution is 6.31. The topological polar surface area (TPSA) is 77.1 Å². The summed E-state index contributed by atoms with van der Waals surface area (Å²) in [4.78, 5) is 11.5. The van der Waals surface area contributed by atoms with Crippen molar-refractivity contribution in [3.05, 3.63) is 47.1 Å². The molecule has 2 aromatic carbocycles. The number of rotatable bonds is 3. The van der Waals surface area contributed by atoms with E-state index in [-0.39, 0.29) is 11.6 Å². The van der Waals surface area contributed by atoms with Crippen LogP contribution < -0.4 is 4.74 Å². The number of esters is 1. The molecule has 1 N–H and O–H groups in total. The maximum atomic E-state index is 11.5. The van der Waals surface area contributed by atoms with Gasteiger partial charge in [-0.1, -0.05) is 34.0 Å². The molecule has 6 nitrogen and oxygen atoms in total. The molecule has 7 heteroatoms. The summed E-state index contributed by atoms with van der Waals surface area (Å²) in [7, 11) is 1.27. The lowest BCUT2D eigenvalue weighted by Crippen LogP contribution is -2.03. The van der Waals surface area contributed by atoms with Gasteiger partial charge in [0.15, 0.2) is 0 Å². The molecule has 1 heterocycles. The molecule has 0 atom stereocenters. The number of H-pyrrole nitrogens is 1. The number of fused-ring (bicyclic) bond motifs is 1. The quantitative estimate of drug-likeness (QED) is 0.752. The summed E-state index contributed by atoms with van der Waals surface area (Å²) in [6, 6.07) is 11.0.